The lowest BCUT2D eigenvalue weighted by Crippen LogP contribution is -2.31. The lowest BCUT2D eigenvalue weighted by Gasteiger charge is -2.23. The Morgan fingerprint density at radius 1 is 1.39 bits per heavy atom. The molecule has 18 heavy (non-hydrogen) atoms. The molecule has 1 aromatic rings. The molecule has 1 N–H and O–H groups in total. The fraction of sp³-hybridized carbons (Fsp3) is 0.600. The molecular weight excluding hydrogens is 342 g/mol. The Kier molecular flexibility index (Phi) is 5.16. The zero-order valence-electron chi connectivity index (χ0n) is 9.60. The zero-order valence-corrected chi connectivity index (χ0v) is 12.8. The van der Waals surface area contributed by atoms with Crippen LogP contribution in [0.2, 0.25) is 0 Å². The van der Waals surface area contributed by atoms with E-state index >= 15 is 0 Å². The summed E-state index contributed by atoms with van der Waals surface area (Å²) in [7, 11) is -3.41. The van der Waals surface area contributed by atoms with Crippen LogP contribution >= 0.6 is 27.3 Å². The highest BCUT2D eigenvalue weighted by Gasteiger charge is 2.18. The minimum atomic E-state index is -3.41. The fourth-order valence-corrected chi connectivity index (χ4v) is 4.63. The van der Waals surface area contributed by atoms with E-state index in [1.54, 1.807) is 12.1 Å². The lowest BCUT2D eigenvalue weighted by atomic mass is 10.4. The van der Waals surface area contributed by atoms with Crippen LogP contribution in [-0.4, -0.2) is 34.5 Å². The molecule has 2 heterocycles. The van der Waals surface area contributed by atoms with Gasteiger partial charge in [-0.05, 0) is 34.5 Å². The van der Waals surface area contributed by atoms with Crippen LogP contribution in [0.3, 0.4) is 0 Å². The van der Waals surface area contributed by atoms with Crippen molar-refractivity contribution in [3.63, 3.8) is 0 Å². The van der Waals surface area contributed by atoms with E-state index in [1.165, 1.54) is 11.3 Å². The van der Waals surface area contributed by atoms with Crippen molar-refractivity contribution < 1.29 is 17.9 Å². The average Bonchev–Trinajstić information content (AvgIpc) is 2.78. The molecule has 0 bridgehead atoms. The molecule has 1 aromatic heterocycles. The van der Waals surface area contributed by atoms with Crippen LogP contribution in [0, 0.1) is 0 Å². The summed E-state index contributed by atoms with van der Waals surface area (Å²) in [4.78, 5) is 0. The fourth-order valence-electron chi connectivity index (χ4n) is 1.53. The molecule has 8 heteroatoms. The Morgan fingerprint density at radius 2 is 2.11 bits per heavy atom. The highest BCUT2D eigenvalue weighted by atomic mass is 79.9. The maximum atomic E-state index is 11.9. The van der Waals surface area contributed by atoms with Gasteiger partial charge in [-0.25, -0.2) is 13.1 Å². The largest absolute Gasteiger partial charge is 0.353 e. The van der Waals surface area contributed by atoms with Crippen LogP contribution < -0.4 is 4.72 Å². The van der Waals surface area contributed by atoms with Crippen molar-refractivity contribution in [1.82, 2.24) is 4.72 Å². The Morgan fingerprint density at radius 3 is 2.72 bits per heavy atom. The first-order valence-corrected chi connectivity index (χ1v) is 8.65. The molecule has 1 saturated heterocycles. The summed E-state index contributed by atoms with van der Waals surface area (Å²) in [6.45, 7) is 1.66. The third-order valence-electron chi connectivity index (χ3n) is 2.38. The van der Waals surface area contributed by atoms with Crippen molar-refractivity contribution in [2.75, 3.05) is 19.8 Å². The maximum absolute atomic E-state index is 11.9. The molecule has 0 aliphatic carbocycles. The molecule has 5 nitrogen and oxygen atoms in total. The Balaban J connectivity index is 1.82. The Hall–Kier alpha value is 0.01000. The van der Waals surface area contributed by atoms with E-state index in [4.69, 9.17) is 9.47 Å². The van der Waals surface area contributed by atoms with E-state index in [0.29, 0.717) is 30.4 Å². The number of ether oxygens (including phenoxy) is 2. The molecule has 0 spiro atoms. The molecule has 0 aromatic carbocycles. The Bertz CT molecular complexity index is 482. The summed E-state index contributed by atoms with van der Waals surface area (Å²) in [6.07, 6.45) is 1.12. The SMILES string of the molecule is O=S(=O)(NCCC1OCCCO1)c1ccc(Br)s1. The molecule has 0 radical (unpaired) electrons. The van der Waals surface area contributed by atoms with Gasteiger partial charge in [0.05, 0.1) is 17.0 Å². The van der Waals surface area contributed by atoms with Crippen LogP contribution in [0.5, 0.6) is 0 Å². The topological polar surface area (TPSA) is 64.6 Å². The van der Waals surface area contributed by atoms with E-state index in [1.807, 2.05) is 0 Å². The van der Waals surface area contributed by atoms with Gasteiger partial charge >= 0.3 is 0 Å². The Labute approximate surface area is 119 Å². The predicted octanol–water partition coefficient (Wildman–Crippen LogP) is 1.94. The van der Waals surface area contributed by atoms with Gasteiger partial charge in [0.15, 0.2) is 6.29 Å². The van der Waals surface area contributed by atoms with E-state index in [9.17, 15) is 8.42 Å². The number of hydrogen-bond acceptors (Lipinski definition) is 5. The number of sulfonamides is 1. The lowest BCUT2D eigenvalue weighted by molar-refractivity contribution is -0.180. The van der Waals surface area contributed by atoms with E-state index in [2.05, 4.69) is 20.7 Å². The summed E-state index contributed by atoms with van der Waals surface area (Å²) in [5.74, 6) is 0. The molecular formula is C10H14BrNO4S2. The summed E-state index contributed by atoms with van der Waals surface area (Å²) in [6, 6.07) is 3.29. The molecule has 102 valence electrons. The van der Waals surface area contributed by atoms with Gasteiger partial charge in [-0.2, -0.15) is 0 Å². The zero-order chi connectivity index (χ0) is 13.0. The summed E-state index contributed by atoms with van der Waals surface area (Å²) in [5, 5.41) is 0. The number of thiophene rings is 1. The molecule has 0 amide bonds. The summed E-state index contributed by atoms with van der Waals surface area (Å²) >= 11 is 4.43. The number of halogens is 1. The first-order valence-electron chi connectivity index (χ1n) is 5.56. The third-order valence-corrected chi connectivity index (χ3v) is 5.96. The molecule has 1 aliphatic heterocycles. The van der Waals surface area contributed by atoms with Crippen LogP contribution in [0.25, 0.3) is 0 Å². The number of rotatable bonds is 5. The molecule has 0 unspecified atom stereocenters. The van der Waals surface area contributed by atoms with Crippen molar-refractivity contribution >= 4 is 37.3 Å². The standard InChI is InChI=1S/C10H14BrNO4S2/c11-8-2-3-10(17-8)18(13,14)12-5-4-9-15-6-1-7-16-9/h2-3,9,12H,1,4-7H2. The van der Waals surface area contributed by atoms with Crippen LogP contribution in [0.4, 0.5) is 0 Å². The predicted molar refractivity (Wildman–Crippen MR) is 72.1 cm³/mol. The second-order valence-corrected chi connectivity index (χ2v) is 8.23. The van der Waals surface area contributed by atoms with Crippen LogP contribution in [0.15, 0.2) is 20.1 Å². The molecule has 1 aliphatic rings. The van der Waals surface area contributed by atoms with Crippen molar-refractivity contribution in [1.29, 1.82) is 0 Å². The van der Waals surface area contributed by atoms with Crippen LogP contribution in [-0.2, 0) is 19.5 Å². The van der Waals surface area contributed by atoms with E-state index in [0.717, 1.165) is 10.2 Å². The molecule has 1 fully saturated rings. The summed E-state index contributed by atoms with van der Waals surface area (Å²) in [5.41, 5.74) is 0. The highest BCUT2D eigenvalue weighted by Crippen LogP contribution is 2.25. The molecule has 0 atom stereocenters. The van der Waals surface area contributed by atoms with E-state index < -0.39 is 10.0 Å². The molecule has 0 saturated carbocycles. The number of hydrogen-bond donors (Lipinski definition) is 1. The van der Waals surface area contributed by atoms with Crippen molar-refractivity contribution in [2.45, 2.75) is 23.3 Å². The monoisotopic (exact) mass is 355 g/mol. The van der Waals surface area contributed by atoms with Gasteiger partial charge in [0, 0.05) is 13.0 Å². The first kappa shape index (κ1) is 14.4. The number of nitrogens with one attached hydrogen (secondary N) is 1. The molecule has 2 rings (SSSR count). The normalized spacial score (nSPS) is 18.1. The van der Waals surface area contributed by atoms with Gasteiger partial charge in [0.1, 0.15) is 4.21 Å². The first-order chi connectivity index (χ1) is 8.58. The van der Waals surface area contributed by atoms with Gasteiger partial charge in [0.2, 0.25) is 10.0 Å². The van der Waals surface area contributed by atoms with E-state index in [-0.39, 0.29) is 6.29 Å². The minimum absolute atomic E-state index is 0.295. The van der Waals surface area contributed by atoms with Gasteiger partial charge < -0.3 is 9.47 Å². The van der Waals surface area contributed by atoms with Gasteiger partial charge in [-0.3, -0.25) is 0 Å². The maximum Gasteiger partial charge on any atom is 0.250 e. The third kappa shape index (κ3) is 4.01. The van der Waals surface area contributed by atoms with Gasteiger partial charge in [0.25, 0.3) is 0 Å². The smallest absolute Gasteiger partial charge is 0.250 e. The minimum Gasteiger partial charge on any atom is -0.353 e. The van der Waals surface area contributed by atoms with Crippen molar-refractivity contribution in [3.8, 4) is 0 Å². The van der Waals surface area contributed by atoms with Crippen LogP contribution in [0.1, 0.15) is 12.8 Å². The second-order valence-electron chi connectivity index (χ2n) is 3.77. The van der Waals surface area contributed by atoms with Gasteiger partial charge in [-0.1, -0.05) is 0 Å². The average molecular weight is 356 g/mol. The van der Waals surface area contributed by atoms with Crippen molar-refractivity contribution in [2.24, 2.45) is 0 Å². The quantitative estimate of drug-likeness (QED) is 0.876. The second kappa shape index (κ2) is 6.44. The highest BCUT2D eigenvalue weighted by molar-refractivity contribution is 9.11. The van der Waals surface area contributed by atoms with Gasteiger partial charge in [-0.15, -0.1) is 11.3 Å². The van der Waals surface area contributed by atoms with Crippen molar-refractivity contribution in [3.05, 3.63) is 15.9 Å². The summed E-state index contributed by atoms with van der Waals surface area (Å²) < 4.78 is 38.1.